The average molecular weight is 360 g/mol. The van der Waals surface area contributed by atoms with Crippen molar-refractivity contribution >= 4 is 11.5 Å². The molecule has 0 saturated carbocycles. The molecule has 1 aliphatic rings. The fourth-order valence-electron chi connectivity index (χ4n) is 3.06. The van der Waals surface area contributed by atoms with E-state index >= 15 is 0 Å². The molecule has 136 valence electrons. The van der Waals surface area contributed by atoms with Crippen LogP contribution in [-0.4, -0.2) is 32.2 Å². The molecule has 7 heteroatoms. The van der Waals surface area contributed by atoms with Crippen molar-refractivity contribution in [3.05, 3.63) is 71.8 Å². The highest BCUT2D eigenvalue weighted by atomic mass is 16.3. The first-order valence-corrected chi connectivity index (χ1v) is 8.68. The van der Waals surface area contributed by atoms with E-state index in [9.17, 15) is 0 Å². The Balaban J connectivity index is 1.65. The van der Waals surface area contributed by atoms with Gasteiger partial charge in [0.2, 0.25) is 5.89 Å². The van der Waals surface area contributed by atoms with Crippen LogP contribution >= 0.6 is 0 Å². The quantitative estimate of drug-likeness (QED) is 0.769. The van der Waals surface area contributed by atoms with Gasteiger partial charge < -0.3 is 15.1 Å². The number of aromatic nitrogens is 3. The van der Waals surface area contributed by atoms with Crippen molar-refractivity contribution in [2.24, 2.45) is 10.7 Å². The van der Waals surface area contributed by atoms with Crippen LogP contribution in [0.1, 0.15) is 24.1 Å². The maximum atomic E-state index is 6.06. The Morgan fingerprint density at radius 1 is 1.11 bits per heavy atom. The van der Waals surface area contributed by atoms with E-state index in [-0.39, 0.29) is 0 Å². The molecule has 0 bridgehead atoms. The molecule has 0 amide bonds. The highest BCUT2D eigenvalue weighted by Gasteiger charge is 2.22. The third-order valence-corrected chi connectivity index (χ3v) is 4.48. The fourth-order valence-corrected chi connectivity index (χ4v) is 3.06. The van der Waals surface area contributed by atoms with Gasteiger partial charge in [0.05, 0.1) is 36.4 Å². The number of rotatable bonds is 4. The van der Waals surface area contributed by atoms with Crippen molar-refractivity contribution in [2.45, 2.75) is 20.4 Å². The second kappa shape index (κ2) is 7.03. The summed E-state index contributed by atoms with van der Waals surface area (Å²) in [5.41, 5.74) is 11.4. The Kier molecular flexibility index (Phi) is 4.42. The molecular weight excluding hydrogens is 340 g/mol. The number of aliphatic imine (C=N–C) groups is 1. The van der Waals surface area contributed by atoms with E-state index in [0.29, 0.717) is 30.5 Å². The Bertz CT molecular complexity index is 1010. The summed E-state index contributed by atoms with van der Waals surface area (Å²) in [5, 5.41) is 0. The molecule has 0 saturated heterocycles. The third kappa shape index (κ3) is 3.44. The van der Waals surface area contributed by atoms with Gasteiger partial charge in [0.1, 0.15) is 17.8 Å². The lowest BCUT2D eigenvalue weighted by Crippen LogP contribution is -2.36. The highest BCUT2D eigenvalue weighted by Crippen LogP contribution is 2.26. The molecular formula is C20H20N6O. The summed E-state index contributed by atoms with van der Waals surface area (Å²) in [6.45, 7) is 5.17. The Hall–Kier alpha value is -3.48. The summed E-state index contributed by atoms with van der Waals surface area (Å²) in [4.78, 5) is 20.0. The maximum absolute atomic E-state index is 6.06. The molecule has 0 unspecified atom stereocenters. The summed E-state index contributed by atoms with van der Waals surface area (Å²) >= 11 is 0. The zero-order chi connectivity index (χ0) is 18.8. The molecule has 0 radical (unpaired) electrons. The van der Waals surface area contributed by atoms with Gasteiger partial charge in [0.15, 0.2) is 0 Å². The first-order valence-electron chi connectivity index (χ1n) is 8.68. The van der Waals surface area contributed by atoms with E-state index in [1.54, 1.807) is 12.4 Å². The summed E-state index contributed by atoms with van der Waals surface area (Å²) in [7, 11) is 0. The molecule has 0 aromatic carbocycles. The second-order valence-electron chi connectivity index (χ2n) is 6.41. The Labute approximate surface area is 157 Å². The van der Waals surface area contributed by atoms with Gasteiger partial charge in [-0.3, -0.25) is 4.98 Å². The molecule has 7 nitrogen and oxygen atoms in total. The van der Waals surface area contributed by atoms with Crippen molar-refractivity contribution in [2.75, 3.05) is 6.54 Å². The van der Waals surface area contributed by atoms with Crippen LogP contribution in [-0.2, 0) is 6.54 Å². The van der Waals surface area contributed by atoms with E-state index in [1.807, 2.05) is 38.1 Å². The number of pyridine rings is 2. The van der Waals surface area contributed by atoms with Crippen LogP contribution in [0.15, 0.2) is 64.1 Å². The lowest BCUT2D eigenvalue weighted by molar-refractivity contribution is 0.373. The van der Waals surface area contributed by atoms with Gasteiger partial charge in [-0.25, -0.2) is 15.0 Å². The minimum absolute atomic E-state index is 0.464. The number of aryl methyl sites for hydroxylation is 1. The van der Waals surface area contributed by atoms with Gasteiger partial charge in [-0.05, 0) is 37.6 Å². The minimum atomic E-state index is 0.464. The summed E-state index contributed by atoms with van der Waals surface area (Å²) in [6, 6.07) is 9.93. The number of hydrogen-bond donors (Lipinski definition) is 1. The van der Waals surface area contributed by atoms with Crippen LogP contribution < -0.4 is 5.73 Å². The molecule has 3 aromatic rings. The smallest absolute Gasteiger partial charge is 0.246 e. The van der Waals surface area contributed by atoms with E-state index in [4.69, 9.17) is 15.1 Å². The monoisotopic (exact) mass is 360 g/mol. The number of hydrogen-bond acceptors (Lipinski definition) is 7. The molecule has 1 aliphatic heterocycles. The first-order chi connectivity index (χ1) is 13.1. The lowest BCUT2D eigenvalue weighted by atomic mass is 10.1. The summed E-state index contributed by atoms with van der Waals surface area (Å²) in [5.74, 6) is 0.983. The van der Waals surface area contributed by atoms with Gasteiger partial charge >= 0.3 is 0 Å². The minimum Gasteiger partial charge on any atom is -0.443 e. The SMILES string of the molecule is CC1=C(c2ncco2)N=C(N)CN1Cc1ccc(C)c(-c2ccccn2)n1. The largest absolute Gasteiger partial charge is 0.443 e. The first kappa shape index (κ1) is 17.0. The summed E-state index contributed by atoms with van der Waals surface area (Å²) < 4.78 is 5.40. The van der Waals surface area contributed by atoms with Crippen molar-refractivity contribution in [1.29, 1.82) is 0 Å². The van der Waals surface area contributed by atoms with Crippen molar-refractivity contribution in [3.8, 4) is 11.4 Å². The maximum Gasteiger partial charge on any atom is 0.246 e. The zero-order valence-electron chi connectivity index (χ0n) is 15.3. The standard InChI is InChI=1S/C20H20N6O/c1-13-6-7-15(24-18(13)16-5-3-4-8-22-16)11-26-12-17(21)25-19(14(26)2)20-23-9-10-27-20/h3-10H,11-12H2,1-2H3,(H2,21,25). The molecule has 2 N–H and O–H groups in total. The van der Waals surface area contributed by atoms with Crippen LogP contribution in [0.5, 0.6) is 0 Å². The Morgan fingerprint density at radius 2 is 2.00 bits per heavy atom. The van der Waals surface area contributed by atoms with Crippen LogP contribution in [0.3, 0.4) is 0 Å². The van der Waals surface area contributed by atoms with Gasteiger partial charge in [0.25, 0.3) is 0 Å². The summed E-state index contributed by atoms with van der Waals surface area (Å²) in [6.07, 6.45) is 4.91. The topological polar surface area (TPSA) is 93.4 Å². The molecule has 0 atom stereocenters. The number of amidine groups is 1. The lowest BCUT2D eigenvalue weighted by Gasteiger charge is -2.29. The van der Waals surface area contributed by atoms with Crippen LogP contribution in [0.4, 0.5) is 0 Å². The molecule has 27 heavy (non-hydrogen) atoms. The predicted octanol–water partition coefficient (Wildman–Crippen LogP) is 3.00. The normalized spacial score (nSPS) is 14.4. The predicted molar refractivity (Wildman–Crippen MR) is 103 cm³/mol. The highest BCUT2D eigenvalue weighted by molar-refractivity contribution is 5.90. The molecule has 3 aromatic heterocycles. The van der Waals surface area contributed by atoms with E-state index in [1.165, 1.54) is 6.26 Å². The average Bonchev–Trinajstić information content (AvgIpc) is 3.21. The van der Waals surface area contributed by atoms with Crippen molar-refractivity contribution in [1.82, 2.24) is 19.9 Å². The zero-order valence-corrected chi connectivity index (χ0v) is 15.3. The van der Waals surface area contributed by atoms with E-state index in [2.05, 4.69) is 25.9 Å². The molecule has 0 aliphatic carbocycles. The third-order valence-electron chi connectivity index (χ3n) is 4.48. The fraction of sp³-hybridized carbons (Fsp3) is 0.200. The number of allylic oxidation sites excluding steroid dienone is 1. The van der Waals surface area contributed by atoms with E-state index in [0.717, 1.165) is 28.3 Å². The van der Waals surface area contributed by atoms with Gasteiger partial charge in [-0.2, -0.15) is 0 Å². The van der Waals surface area contributed by atoms with Gasteiger partial charge in [-0.1, -0.05) is 12.1 Å². The molecule has 4 rings (SSSR count). The van der Waals surface area contributed by atoms with Crippen molar-refractivity contribution < 1.29 is 4.42 Å². The van der Waals surface area contributed by atoms with Gasteiger partial charge in [0, 0.05) is 11.9 Å². The number of nitrogens with zero attached hydrogens (tertiary/aromatic N) is 5. The van der Waals surface area contributed by atoms with Crippen molar-refractivity contribution in [3.63, 3.8) is 0 Å². The molecule has 4 heterocycles. The second-order valence-corrected chi connectivity index (χ2v) is 6.41. The van der Waals surface area contributed by atoms with E-state index < -0.39 is 0 Å². The van der Waals surface area contributed by atoms with Crippen LogP contribution in [0.2, 0.25) is 0 Å². The van der Waals surface area contributed by atoms with Crippen LogP contribution in [0, 0.1) is 6.92 Å². The number of nitrogens with two attached hydrogens (primary N) is 1. The Morgan fingerprint density at radius 3 is 2.74 bits per heavy atom. The number of oxazole rings is 1. The molecule has 0 fully saturated rings. The van der Waals surface area contributed by atoms with Crippen LogP contribution in [0.25, 0.3) is 17.1 Å². The van der Waals surface area contributed by atoms with Gasteiger partial charge in [-0.15, -0.1) is 0 Å². The molecule has 0 spiro atoms.